The van der Waals surface area contributed by atoms with Crippen LogP contribution in [0.4, 0.5) is 14.6 Å². The van der Waals surface area contributed by atoms with Crippen molar-refractivity contribution in [1.29, 1.82) is 0 Å². The minimum atomic E-state index is -1.31. The van der Waals surface area contributed by atoms with E-state index in [0.717, 1.165) is 23.3 Å². The molecular formula is C26H21BrF2N8O3. The highest BCUT2D eigenvalue weighted by Crippen LogP contribution is 2.26. The molecule has 11 nitrogen and oxygen atoms in total. The molecule has 204 valence electrons. The summed E-state index contributed by atoms with van der Waals surface area (Å²) in [6, 6.07) is 5.97. The summed E-state index contributed by atoms with van der Waals surface area (Å²) < 4.78 is 34.9. The van der Waals surface area contributed by atoms with Crippen LogP contribution in [0.1, 0.15) is 6.42 Å². The van der Waals surface area contributed by atoms with E-state index in [2.05, 4.69) is 46.2 Å². The van der Waals surface area contributed by atoms with Gasteiger partial charge in [0.05, 0.1) is 31.3 Å². The molecule has 1 saturated heterocycles. The van der Waals surface area contributed by atoms with Crippen LogP contribution in [0, 0.1) is 5.82 Å². The van der Waals surface area contributed by atoms with Crippen molar-refractivity contribution in [3.05, 3.63) is 77.9 Å². The van der Waals surface area contributed by atoms with Gasteiger partial charge in [0.15, 0.2) is 11.6 Å². The van der Waals surface area contributed by atoms with E-state index in [0.29, 0.717) is 10.4 Å². The van der Waals surface area contributed by atoms with Gasteiger partial charge < -0.3 is 19.5 Å². The Bertz CT molecular complexity index is 1580. The Hall–Kier alpha value is -4.59. The Labute approximate surface area is 234 Å². The molecule has 0 saturated carbocycles. The number of carbonyl (C=O) groups is 2. The smallest absolute Gasteiger partial charge is 0.322 e. The van der Waals surface area contributed by atoms with Crippen molar-refractivity contribution >= 4 is 50.7 Å². The lowest BCUT2D eigenvalue weighted by molar-refractivity contribution is -0.137. The van der Waals surface area contributed by atoms with Crippen LogP contribution in [0.25, 0.3) is 10.9 Å². The number of likely N-dealkylation sites (tertiary alicyclic amines) is 1. The van der Waals surface area contributed by atoms with Crippen LogP contribution < -0.4 is 10.1 Å². The third-order valence-corrected chi connectivity index (χ3v) is 6.31. The number of hydrogen-bond acceptors (Lipinski definition) is 8. The molecule has 6 rings (SSSR count). The summed E-state index contributed by atoms with van der Waals surface area (Å²) in [6.07, 6.45) is 10.5. The first-order valence-electron chi connectivity index (χ1n) is 12.0. The number of amides is 2. The first kappa shape index (κ1) is 27.0. The average Bonchev–Trinajstić information content (AvgIpc) is 3.47. The van der Waals surface area contributed by atoms with Gasteiger partial charge in [-0.1, -0.05) is 0 Å². The van der Waals surface area contributed by atoms with Crippen LogP contribution in [0.3, 0.4) is 0 Å². The van der Waals surface area contributed by atoms with Gasteiger partial charge in [-0.3, -0.25) is 19.6 Å². The van der Waals surface area contributed by atoms with E-state index in [9.17, 15) is 18.4 Å². The molecule has 2 aliphatic rings. The number of fused-ring (bicyclic) bond motifs is 1. The third kappa shape index (κ3) is 6.51. The fourth-order valence-electron chi connectivity index (χ4n) is 4.08. The number of rotatable bonds is 6. The molecule has 14 heteroatoms. The van der Waals surface area contributed by atoms with Gasteiger partial charge in [-0.2, -0.15) is 0 Å². The van der Waals surface area contributed by atoms with Crippen LogP contribution >= 0.6 is 15.9 Å². The average molecular weight is 611 g/mol. The maximum atomic E-state index is 14.3. The molecule has 1 fully saturated rings. The monoisotopic (exact) mass is 610 g/mol. The second-order valence-electron chi connectivity index (χ2n) is 8.70. The van der Waals surface area contributed by atoms with E-state index in [1.807, 2.05) is 6.08 Å². The summed E-state index contributed by atoms with van der Waals surface area (Å²) >= 11 is 3.18. The van der Waals surface area contributed by atoms with Crippen molar-refractivity contribution in [3.63, 3.8) is 0 Å². The Morgan fingerprint density at radius 1 is 1.15 bits per heavy atom. The Kier molecular flexibility index (Phi) is 8.15. The van der Waals surface area contributed by atoms with Crippen molar-refractivity contribution in [2.75, 3.05) is 11.9 Å². The quantitative estimate of drug-likeness (QED) is 0.348. The van der Waals surface area contributed by atoms with Crippen molar-refractivity contribution in [2.24, 2.45) is 4.99 Å². The minimum absolute atomic E-state index is 0.00155. The van der Waals surface area contributed by atoms with Crippen LogP contribution in [-0.2, 0) is 16.1 Å². The predicted octanol–water partition coefficient (Wildman–Crippen LogP) is 4.08. The molecule has 1 aromatic carbocycles. The van der Waals surface area contributed by atoms with Crippen molar-refractivity contribution < 1.29 is 23.1 Å². The molecule has 5 heterocycles. The van der Waals surface area contributed by atoms with Gasteiger partial charge in [0.2, 0.25) is 11.8 Å². The van der Waals surface area contributed by atoms with Crippen LogP contribution in [-0.4, -0.2) is 66.2 Å². The number of ether oxygens (including phenoxy) is 1. The highest BCUT2D eigenvalue weighted by molar-refractivity contribution is 9.10. The van der Waals surface area contributed by atoms with Crippen LogP contribution in [0.5, 0.6) is 11.8 Å². The molecule has 40 heavy (non-hydrogen) atoms. The van der Waals surface area contributed by atoms with Gasteiger partial charge in [-0.05, 0) is 46.3 Å². The molecule has 3 aromatic heterocycles. The van der Waals surface area contributed by atoms with Crippen molar-refractivity contribution in [2.45, 2.75) is 25.2 Å². The SMILES string of the molecule is C1=CN=C1.O=C(Nc1cncc(Br)n1)[C@@H]1C[C@@H](F)CN1C(=O)Cn1ccc2cc(Oc3ncc(F)cn3)ccc21. The summed E-state index contributed by atoms with van der Waals surface area (Å²) in [4.78, 5) is 46.3. The third-order valence-electron chi connectivity index (χ3n) is 5.93. The fourth-order valence-corrected chi connectivity index (χ4v) is 4.39. The van der Waals surface area contributed by atoms with Gasteiger partial charge in [0.25, 0.3) is 0 Å². The van der Waals surface area contributed by atoms with E-state index in [1.54, 1.807) is 47.4 Å². The molecule has 4 aromatic rings. The number of nitrogens with one attached hydrogen (secondary N) is 1. The number of benzene rings is 1. The molecule has 0 aliphatic carbocycles. The fraction of sp³-hybridized carbons (Fsp3) is 0.192. The summed E-state index contributed by atoms with van der Waals surface area (Å²) in [5.41, 5.74) is 0.733. The standard InChI is InChI=1S/C23H18BrF2N7O3.C3H3N/c24-19-9-27-10-20(30-19)31-22(35)18-6-14(25)11-33(18)21(34)12-32-4-3-13-5-16(1-2-17(13)32)36-23-28-7-15(26)8-29-23;1-2-4-3-1/h1-5,7-10,14,18H,6,11-12H2,(H,30,31,35);1-3H/t14-,18+;/m1./s1. The lowest BCUT2D eigenvalue weighted by Gasteiger charge is -2.24. The number of carbonyl (C=O) groups excluding carboxylic acids is 2. The van der Waals surface area contributed by atoms with Crippen molar-refractivity contribution in [1.82, 2.24) is 29.4 Å². The number of halogens is 3. The van der Waals surface area contributed by atoms with E-state index < -0.39 is 29.8 Å². The molecule has 1 N–H and O–H groups in total. The predicted molar refractivity (Wildman–Crippen MR) is 145 cm³/mol. The maximum Gasteiger partial charge on any atom is 0.322 e. The minimum Gasteiger partial charge on any atom is -0.424 e. The largest absolute Gasteiger partial charge is 0.424 e. The highest BCUT2D eigenvalue weighted by atomic mass is 79.9. The van der Waals surface area contributed by atoms with Gasteiger partial charge in [0, 0.05) is 35.9 Å². The van der Waals surface area contributed by atoms with Crippen molar-refractivity contribution in [3.8, 4) is 11.8 Å². The molecule has 0 bridgehead atoms. The Balaban J connectivity index is 0.000000741. The number of hydrogen-bond donors (Lipinski definition) is 1. The van der Waals surface area contributed by atoms with E-state index in [4.69, 9.17) is 4.74 Å². The highest BCUT2D eigenvalue weighted by Gasteiger charge is 2.40. The zero-order valence-corrected chi connectivity index (χ0v) is 22.3. The first-order valence-corrected chi connectivity index (χ1v) is 12.8. The molecule has 2 amide bonds. The molecule has 0 spiro atoms. The number of aliphatic imine (C=N–C) groups is 1. The lowest BCUT2D eigenvalue weighted by Crippen LogP contribution is -2.44. The van der Waals surface area contributed by atoms with Gasteiger partial charge in [-0.25, -0.2) is 23.7 Å². The van der Waals surface area contributed by atoms with E-state index in [-0.39, 0.29) is 31.3 Å². The summed E-state index contributed by atoms with van der Waals surface area (Å²) in [7, 11) is 0. The van der Waals surface area contributed by atoms with E-state index in [1.165, 1.54) is 17.3 Å². The summed E-state index contributed by atoms with van der Waals surface area (Å²) in [6.45, 7) is -0.256. The molecule has 2 aliphatic heterocycles. The number of anilines is 1. The zero-order chi connectivity index (χ0) is 28.1. The Morgan fingerprint density at radius 2 is 1.90 bits per heavy atom. The number of alkyl halides is 1. The first-order chi connectivity index (χ1) is 19.4. The lowest BCUT2D eigenvalue weighted by atomic mass is 10.2. The van der Waals surface area contributed by atoms with Gasteiger partial charge in [-0.15, -0.1) is 0 Å². The zero-order valence-electron chi connectivity index (χ0n) is 20.7. The number of allylic oxidation sites excluding steroid dienone is 1. The Morgan fingerprint density at radius 3 is 2.60 bits per heavy atom. The van der Waals surface area contributed by atoms with Gasteiger partial charge >= 0.3 is 6.01 Å². The second kappa shape index (κ2) is 12.1. The maximum absolute atomic E-state index is 14.3. The topological polar surface area (TPSA) is 127 Å². The molecule has 2 atom stereocenters. The normalized spacial score (nSPS) is 17.2. The van der Waals surface area contributed by atoms with Crippen LogP contribution in [0.15, 0.2) is 77.1 Å². The molecular weight excluding hydrogens is 590 g/mol. The summed E-state index contributed by atoms with van der Waals surface area (Å²) in [5, 5.41) is 3.37. The number of nitrogens with zero attached hydrogens (tertiary/aromatic N) is 7. The summed E-state index contributed by atoms with van der Waals surface area (Å²) in [5.74, 6) is -0.862. The van der Waals surface area contributed by atoms with E-state index >= 15 is 0 Å². The number of aromatic nitrogens is 5. The molecule has 0 radical (unpaired) electrons. The van der Waals surface area contributed by atoms with Crippen LogP contribution in [0.2, 0.25) is 0 Å². The molecule has 0 unspecified atom stereocenters. The second-order valence-corrected chi connectivity index (χ2v) is 9.51. The van der Waals surface area contributed by atoms with Gasteiger partial charge in [0.1, 0.15) is 29.1 Å².